The molecular formula is C17H22Cl2FNO2. The van der Waals surface area contributed by atoms with E-state index in [9.17, 15) is 9.18 Å². The van der Waals surface area contributed by atoms with Crippen LogP contribution in [0.4, 0.5) is 4.39 Å². The second kappa shape index (κ2) is 6.96. The molecule has 1 aliphatic carbocycles. The van der Waals surface area contributed by atoms with Crippen LogP contribution in [0.25, 0.3) is 0 Å². The molecule has 3 nitrogen and oxygen atoms in total. The summed E-state index contributed by atoms with van der Waals surface area (Å²) in [5, 5.41) is 2.91. The second-order valence-electron chi connectivity index (χ2n) is 6.19. The number of hydrogen-bond donors (Lipinski definition) is 1. The van der Waals surface area contributed by atoms with Gasteiger partial charge in [0.2, 0.25) is 5.91 Å². The monoisotopic (exact) mass is 361 g/mol. The highest BCUT2D eigenvalue weighted by atomic mass is 35.5. The number of nitrogens with one attached hydrogen (secondary N) is 1. The molecule has 0 unspecified atom stereocenters. The first-order chi connectivity index (χ1) is 10.8. The molecule has 0 radical (unpaired) electrons. The number of alkyl halides is 2. The summed E-state index contributed by atoms with van der Waals surface area (Å²) in [6.45, 7) is 6.27. The molecule has 23 heavy (non-hydrogen) atoms. The Balaban J connectivity index is 1.81. The summed E-state index contributed by atoms with van der Waals surface area (Å²) >= 11 is 12.5. The van der Waals surface area contributed by atoms with E-state index >= 15 is 0 Å². The van der Waals surface area contributed by atoms with Crippen molar-refractivity contribution in [1.29, 1.82) is 0 Å². The highest BCUT2D eigenvalue weighted by Gasteiger charge is 2.76. The van der Waals surface area contributed by atoms with Gasteiger partial charge in [-0.15, -0.1) is 23.2 Å². The summed E-state index contributed by atoms with van der Waals surface area (Å²) in [5.41, 5.74) is 0.0253. The maximum absolute atomic E-state index is 13.1. The van der Waals surface area contributed by atoms with E-state index in [1.807, 2.05) is 20.8 Å². The van der Waals surface area contributed by atoms with Gasteiger partial charge < -0.3 is 10.1 Å². The summed E-state index contributed by atoms with van der Waals surface area (Å²) < 4.78 is 17.6. The molecule has 1 saturated carbocycles. The highest BCUT2D eigenvalue weighted by molar-refractivity contribution is 6.53. The Morgan fingerprint density at radius 1 is 1.48 bits per heavy atom. The smallest absolute Gasteiger partial charge is 0.229 e. The van der Waals surface area contributed by atoms with Crippen LogP contribution in [0.3, 0.4) is 0 Å². The number of carbonyl (C=O) groups excluding carboxylic acids is 1. The van der Waals surface area contributed by atoms with Crippen molar-refractivity contribution in [2.45, 2.75) is 44.2 Å². The number of carbonyl (C=O) groups is 1. The number of amides is 1. The van der Waals surface area contributed by atoms with Gasteiger partial charge >= 0.3 is 0 Å². The normalized spacial score (nSPS) is 26.6. The average molecular weight is 362 g/mol. The van der Waals surface area contributed by atoms with Crippen LogP contribution in [-0.2, 0) is 16.1 Å². The van der Waals surface area contributed by atoms with Crippen LogP contribution in [0.5, 0.6) is 0 Å². The molecule has 1 fully saturated rings. The summed E-state index contributed by atoms with van der Waals surface area (Å²) in [6, 6.07) is 6.06. The van der Waals surface area contributed by atoms with E-state index < -0.39 is 9.75 Å². The summed E-state index contributed by atoms with van der Waals surface area (Å²) in [5.74, 6) is -0.510. The Bertz CT molecular complexity index is 581. The lowest BCUT2D eigenvalue weighted by atomic mass is 9.99. The molecule has 1 amide bonds. The zero-order chi connectivity index (χ0) is 17.3. The SMILES string of the molecule is CC[C@]1(C(=O)N[C@H](C)COCc2cccc(F)c2)[C@@H](C)C1(Cl)Cl. The van der Waals surface area contributed by atoms with Crippen molar-refractivity contribution in [3.8, 4) is 0 Å². The van der Waals surface area contributed by atoms with E-state index in [4.69, 9.17) is 27.9 Å². The van der Waals surface area contributed by atoms with Gasteiger partial charge in [-0.1, -0.05) is 26.0 Å². The van der Waals surface area contributed by atoms with E-state index in [1.54, 1.807) is 12.1 Å². The van der Waals surface area contributed by atoms with Crippen molar-refractivity contribution >= 4 is 29.1 Å². The number of ether oxygens (including phenoxy) is 1. The molecule has 0 spiro atoms. The summed E-state index contributed by atoms with van der Waals surface area (Å²) in [6.07, 6.45) is 0.587. The fraction of sp³-hybridized carbons (Fsp3) is 0.588. The van der Waals surface area contributed by atoms with Gasteiger partial charge in [-0.3, -0.25) is 4.79 Å². The van der Waals surface area contributed by atoms with Gasteiger partial charge in [-0.25, -0.2) is 4.39 Å². The Morgan fingerprint density at radius 3 is 2.65 bits per heavy atom. The molecule has 0 saturated heterocycles. The molecule has 0 aromatic heterocycles. The average Bonchev–Trinajstić information content (AvgIpc) is 2.92. The van der Waals surface area contributed by atoms with Crippen molar-refractivity contribution in [3.63, 3.8) is 0 Å². The molecule has 1 aromatic rings. The highest BCUT2D eigenvalue weighted by Crippen LogP contribution is 2.70. The topological polar surface area (TPSA) is 38.3 Å². The van der Waals surface area contributed by atoms with Crippen LogP contribution in [0, 0.1) is 17.2 Å². The summed E-state index contributed by atoms with van der Waals surface area (Å²) in [7, 11) is 0. The molecular weight excluding hydrogens is 340 g/mol. The first-order valence-electron chi connectivity index (χ1n) is 7.76. The van der Waals surface area contributed by atoms with Gasteiger partial charge in [0.15, 0.2) is 0 Å². The zero-order valence-electron chi connectivity index (χ0n) is 13.5. The predicted molar refractivity (Wildman–Crippen MR) is 90.0 cm³/mol. The fourth-order valence-electron chi connectivity index (χ4n) is 3.07. The first-order valence-corrected chi connectivity index (χ1v) is 8.52. The second-order valence-corrected chi connectivity index (χ2v) is 7.57. The molecule has 1 aliphatic rings. The third-order valence-electron chi connectivity index (χ3n) is 4.66. The molecule has 1 N–H and O–H groups in total. The Hall–Kier alpha value is -0.840. The van der Waals surface area contributed by atoms with Gasteiger partial charge in [0.1, 0.15) is 10.2 Å². The largest absolute Gasteiger partial charge is 0.375 e. The van der Waals surface area contributed by atoms with Gasteiger partial charge in [-0.2, -0.15) is 0 Å². The van der Waals surface area contributed by atoms with Gasteiger partial charge in [0, 0.05) is 12.0 Å². The number of halogens is 3. The Morgan fingerprint density at radius 2 is 2.13 bits per heavy atom. The van der Waals surface area contributed by atoms with Gasteiger partial charge in [0.05, 0.1) is 18.6 Å². The van der Waals surface area contributed by atoms with E-state index in [0.29, 0.717) is 19.6 Å². The lowest BCUT2D eigenvalue weighted by Crippen LogP contribution is -2.42. The third-order valence-corrected chi connectivity index (χ3v) is 5.99. The van der Waals surface area contributed by atoms with Crippen molar-refractivity contribution in [2.75, 3.05) is 6.61 Å². The molecule has 1 aromatic carbocycles. The number of rotatable bonds is 7. The van der Waals surface area contributed by atoms with Gasteiger partial charge in [0.25, 0.3) is 0 Å². The van der Waals surface area contributed by atoms with E-state index in [0.717, 1.165) is 5.56 Å². The molecule has 2 rings (SSSR count). The van der Waals surface area contributed by atoms with Crippen molar-refractivity contribution < 1.29 is 13.9 Å². The molecule has 6 heteroatoms. The van der Waals surface area contributed by atoms with E-state index in [1.165, 1.54) is 12.1 Å². The minimum Gasteiger partial charge on any atom is -0.375 e. The van der Waals surface area contributed by atoms with Crippen LogP contribution in [0.15, 0.2) is 24.3 Å². The maximum atomic E-state index is 13.1. The molecule has 0 bridgehead atoms. The van der Waals surface area contributed by atoms with Crippen LogP contribution in [0.1, 0.15) is 32.8 Å². The van der Waals surface area contributed by atoms with Crippen molar-refractivity contribution in [3.05, 3.63) is 35.6 Å². The van der Waals surface area contributed by atoms with Crippen LogP contribution in [-0.4, -0.2) is 22.9 Å². The lowest BCUT2D eigenvalue weighted by molar-refractivity contribution is -0.128. The first kappa shape index (κ1) is 18.5. The molecule has 3 atom stereocenters. The van der Waals surface area contributed by atoms with Crippen LogP contribution < -0.4 is 5.32 Å². The maximum Gasteiger partial charge on any atom is 0.229 e. The molecule has 0 aliphatic heterocycles. The number of hydrogen-bond acceptors (Lipinski definition) is 2. The minimum atomic E-state index is -1.01. The van der Waals surface area contributed by atoms with Crippen LogP contribution in [0.2, 0.25) is 0 Å². The zero-order valence-corrected chi connectivity index (χ0v) is 15.0. The fourth-order valence-corrected chi connectivity index (χ4v) is 4.09. The van der Waals surface area contributed by atoms with E-state index in [-0.39, 0.29) is 23.7 Å². The van der Waals surface area contributed by atoms with Crippen LogP contribution >= 0.6 is 23.2 Å². The number of benzene rings is 1. The summed E-state index contributed by atoms with van der Waals surface area (Å²) in [4.78, 5) is 12.5. The Labute approximate surface area is 146 Å². The third kappa shape index (κ3) is 3.49. The van der Waals surface area contributed by atoms with Gasteiger partial charge in [-0.05, 0) is 31.0 Å². The standard InChI is InChI=1S/C17H22Cl2FNO2/c1-4-16(12(3)17(16,18)19)15(22)21-11(2)9-23-10-13-6-5-7-14(20)8-13/h5-8,11-12H,4,9-10H2,1-3H3,(H,21,22)/t11-,12-,16-/m1/s1. The lowest BCUT2D eigenvalue weighted by Gasteiger charge is -2.20. The molecule has 0 heterocycles. The van der Waals surface area contributed by atoms with E-state index in [2.05, 4.69) is 5.32 Å². The quantitative estimate of drug-likeness (QED) is 0.743. The Kier molecular flexibility index (Phi) is 5.59. The van der Waals surface area contributed by atoms with Crippen molar-refractivity contribution in [2.24, 2.45) is 11.3 Å². The predicted octanol–water partition coefficient (Wildman–Crippen LogP) is 4.07. The minimum absolute atomic E-state index is 0.0799. The molecule has 128 valence electrons. The van der Waals surface area contributed by atoms with Crippen molar-refractivity contribution in [1.82, 2.24) is 5.32 Å².